The maximum absolute atomic E-state index is 11.0. The van der Waals surface area contributed by atoms with Gasteiger partial charge in [0.15, 0.2) is 0 Å². The average Bonchev–Trinajstić information content (AvgIpc) is 2.40. The molecule has 10 heteroatoms. The molecular weight excluding hydrogens is 353 g/mol. The first-order valence-corrected chi connectivity index (χ1v) is 6.38. The number of aromatic nitrogens is 3. The molecule has 8 nitrogen and oxygen atoms in total. The molecule has 0 fully saturated rings. The average molecular weight is 361 g/mol. The predicted molar refractivity (Wildman–Crippen MR) is 75.3 cm³/mol. The van der Waals surface area contributed by atoms with E-state index in [4.69, 9.17) is 16.3 Å². The lowest BCUT2D eigenvalue weighted by Gasteiger charge is -2.07. The molecular formula is C10H7BrClN5O3. The van der Waals surface area contributed by atoms with Crippen LogP contribution in [0.1, 0.15) is 0 Å². The third-order valence-corrected chi connectivity index (χ3v) is 2.94. The van der Waals surface area contributed by atoms with Crippen molar-refractivity contribution >= 4 is 39.2 Å². The molecule has 0 saturated heterocycles. The summed E-state index contributed by atoms with van der Waals surface area (Å²) in [6, 6.07) is 4.28. The highest BCUT2D eigenvalue weighted by molar-refractivity contribution is 9.10. The van der Waals surface area contributed by atoms with E-state index in [9.17, 15) is 10.1 Å². The Labute approximate surface area is 126 Å². The summed E-state index contributed by atoms with van der Waals surface area (Å²) in [5.41, 5.74) is -0.220. The van der Waals surface area contributed by atoms with E-state index in [1.807, 2.05) is 0 Å². The van der Waals surface area contributed by atoms with Gasteiger partial charge in [-0.2, -0.15) is 15.0 Å². The number of nitro benzene ring substituents is 1. The summed E-state index contributed by atoms with van der Waals surface area (Å²) in [7, 11) is 1.59. The number of nitrogens with zero attached hydrogens (tertiary/aromatic N) is 4. The predicted octanol–water partition coefficient (Wildman–Crippen LogP) is 3.03. The van der Waals surface area contributed by atoms with Crippen LogP contribution in [0.2, 0.25) is 5.28 Å². The van der Waals surface area contributed by atoms with Crippen molar-refractivity contribution in [2.75, 3.05) is 12.4 Å². The molecule has 0 bridgehead atoms. The maximum atomic E-state index is 11.0. The summed E-state index contributed by atoms with van der Waals surface area (Å²) < 4.78 is 5.75. The number of rotatable bonds is 4. The zero-order valence-corrected chi connectivity index (χ0v) is 12.3. The number of nitro groups is 1. The summed E-state index contributed by atoms with van der Waals surface area (Å²) in [4.78, 5) is 21.8. The standard InChI is InChI=1S/C10H7BrClN5O3/c1-13-9-14-8(12)15-10(16-9)20-7-5(11)3-2-4-6(7)17(18)19/h2-4H,1H3,(H,13,14,15,16). The molecule has 20 heavy (non-hydrogen) atoms. The Morgan fingerprint density at radius 2 is 2.15 bits per heavy atom. The zero-order chi connectivity index (χ0) is 14.7. The molecule has 0 amide bonds. The fraction of sp³-hybridized carbons (Fsp3) is 0.100. The van der Waals surface area contributed by atoms with Crippen molar-refractivity contribution in [1.82, 2.24) is 15.0 Å². The Morgan fingerprint density at radius 3 is 2.80 bits per heavy atom. The van der Waals surface area contributed by atoms with E-state index >= 15 is 0 Å². The fourth-order valence-corrected chi connectivity index (χ4v) is 1.91. The molecule has 0 aliphatic heterocycles. The van der Waals surface area contributed by atoms with E-state index in [1.54, 1.807) is 13.1 Å². The lowest BCUT2D eigenvalue weighted by Crippen LogP contribution is -2.02. The van der Waals surface area contributed by atoms with E-state index in [-0.39, 0.29) is 28.7 Å². The minimum Gasteiger partial charge on any atom is -0.416 e. The second-order valence-corrected chi connectivity index (χ2v) is 4.60. The van der Waals surface area contributed by atoms with E-state index in [0.717, 1.165) is 0 Å². The number of hydrogen-bond acceptors (Lipinski definition) is 7. The minimum absolute atomic E-state index is 0.0122. The number of ether oxygens (including phenoxy) is 1. The normalized spacial score (nSPS) is 10.2. The van der Waals surface area contributed by atoms with Crippen LogP contribution in [0.25, 0.3) is 0 Å². The highest BCUT2D eigenvalue weighted by Crippen LogP contribution is 2.37. The molecule has 1 aromatic heterocycles. The van der Waals surface area contributed by atoms with Crippen LogP contribution in [0, 0.1) is 10.1 Å². The molecule has 2 aromatic rings. The summed E-state index contributed by atoms with van der Waals surface area (Å²) in [5.74, 6) is 0.177. The molecule has 104 valence electrons. The monoisotopic (exact) mass is 359 g/mol. The number of halogens is 2. The Bertz CT molecular complexity index is 669. The molecule has 0 aliphatic rings. The second kappa shape index (κ2) is 5.97. The number of nitrogens with one attached hydrogen (secondary N) is 1. The third kappa shape index (κ3) is 3.11. The number of anilines is 1. The van der Waals surface area contributed by atoms with Crippen molar-refractivity contribution in [2.24, 2.45) is 0 Å². The van der Waals surface area contributed by atoms with Gasteiger partial charge in [0, 0.05) is 13.1 Å². The first kappa shape index (κ1) is 14.4. The molecule has 1 heterocycles. The van der Waals surface area contributed by atoms with Crippen molar-refractivity contribution in [3.63, 3.8) is 0 Å². The van der Waals surface area contributed by atoms with Crippen molar-refractivity contribution in [3.8, 4) is 11.8 Å². The Balaban J connectivity index is 2.44. The molecule has 1 N–H and O–H groups in total. The summed E-state index contributed by atoms with van der Waals surface area (Å²) >= 11 is 8.89. The smallest absolute Gasteiger partial charge is 0.328 e. The van der Waals surface area contributed by atoms with Gasteiger partial charge < -0.3 is 10.1 Å². The van der Waals surface area contributed by atoms with Crippen LogP contribution in [-0.4, -0.2) is 26.9 Å². The van der Waals surface area contributed by atoms with Gasteiger partial charge in [-0.3, -0.25) is 10.1 Å². The van der Waals surface area contributed by atoms with Crippen molar-refractivity contribution in [2.45, 2.75) is 0 Å². The van der Waals surface area contributed by atoms with Crippen molar-refractivity contribution in [3.05, 3.63) is 38.1 Å². The van der Waals surface area contributed by atoms with Gasteiger partial charge in [0.1, 0.15) is 0 Å². The van der Waals surface area contributed by atoms with E-state index in [2.05, 4.69) is 36.2 Å². The van der Waals surface area contributed by atoms with Gasteiger partial charge in [0.25, 0.3) is 0 Å². The highest BCUT2D eigenvalue weighted by Gasteiger charge is 2.20. The lowest BCUT2D eigenvalue weighted by molar-refractivity contribution is -0.385. The van der Waals surface area contributed by atoms with Gasteiger partial charge in [-0.15, -0.1) is 0 Å². The van der Waals surface area contributed by atoms with Crippen LogP contribution in [-0.2, 0) is 0 Å². The number of hydrogen-bond donors (Lipinski definition) is 1. The second-order valence-electron chi connectivity index (χ2n) is 3.41. The quantitative estimate of drug-likeness (QED) is 0.660. The molecule has 0 radical (unpaired) electrons. The van der Waals surface area contributed by atoms with Gasteiger partial charge in [-0.25, -0.2) is 0 Å². The van der Waals surface area contributed by atoms with Crippen LogP contribution in [0.4, 0.5) is 11.6 Å². The minimum atomic E-state index is -0.568. The number of benzene rings is 1. The van der Waals surface area contributed by atoms with Gasteiger partial charge in [-0.1, -0.05) is 6.07 Å². The SMILES string of the molecule is CNc1nc(Cl)nc(Oc2c(Br)cccc2[N+](=O)[O-])n1. The maximum Gasteiger partial charge on any atom is 0.328 e. The van der Waals surface area contributed by atoms with E-state index in [1.165, 1.54) is 12.1 Å². The third-order valence-electron chi connectivity index (χ3n) is 2.15. The Morgan fingerprint density at radius 1 is 1.40 bits per heavy atom. The Kier molecular flexibility index (Phi) is 4.30. The van der Waals surface area contributed by atoms with E-state index < -0.39 is 4.92 Å². The van der Waals surface area contributed by atoms with Crippen LogP contribution in [0.15, 0.2) is 22.7 Å². The number of para-hydroxylation sites is 1. The Hall–Kier alpha value is -2.00. The van der Waals surface area contributed by atoms with Crippen LogP contribution in [0.5, 0.6) is 11.8 Å². The molecule has 0 spiro atoms. The summed E-state index contributed by atoms with van der Waals surface area (Å²) in [6.45, 7) is 0. The van der Waals surface area contributed by atoms with Gasteiger partial charge in [0.05, 0.1) is 9.40 Å². The summed E-state index contributed by atoms with van der Waals surface area (Å²) in [5, 5.41) is 13.6. The molecule has 0 aliphatic carbocycles. The van der Waals surface area contributed by atoms with Crippen molar-refractivity contribution in [1.29, 1.82) is 0 Å². The fourth-order valence-electron chi connectivity index (χ4n) is 1.32. The molecule has 0 saturated carbocycles. The molecule has 2 rings (SSSR count). The first-order valence-electron chi connectivity index (χ1n) is 5.21. The zero-order valence-electron chi connectivity index (χ0n) is 10.0. The highest BCUT2D eigenvalue weighted by atomic mass is 79.9. The molecule has 1 aromatic carbocycles. The van der Waals surface area contributed by atoms with Crippen LogP contribution >= 0.6 is 27.5 Å². The molecule has 0 unspecified atom stereocenters. The largest absolute Gasteiger partial charge is 0.416 e. The van der Waals surface area contributed by atoms with Crippen molar-refractivity contribution < 1.29 is 9.66 Å². The molecule has 0 atom stereocenters. The van der Waals surface area contributed by atoms with E-state index in [0.29, 0.717) is 4.47 Å². The first-order chi connectivity index (χ1) is 9.51. The lowest BCUT2D eigenvalue weighted by atomic mass is 10.3. The van der Waals surface area contributed by atoms with Gasteiger partial charge in [-0.05, 0) is 33.6 Å². The topological polar surface area (TPSA) is 103 Å². The van der Waals surface area contributed by atoms with Crippen LogP contribution < -0.4 is 10.1 Å². The summed E-state index contributed by atoms with van der Waals surface area (Å²) in [6.07, 6.45) is 0. The van der Waals surface area contributed by atoms with Crippen LogP contribution in [0.3, 0.4) is 0 Å². The van der Waals surface area contributed by atoms with Gasteiger partial charge >= 0.3 is 11.7 Å². The van der Waals surface area contributed by atoms with Gasteiger partial charge in [0.2, 0.25) is 17.0 Å².